The molecule has 1 saturated carbocycles. The molecule has 2 aliphatic carbocycles. The minimum absolute atomic E-state index is 0.198. The molecule has 0 bridgehead atoms. The number of nitrogens with two attached hydrogens (primary N) is 1. The molecule has 0 spiro atoms. The number of hydrogen-bond acceptors (Lipinski definition) is 1. The third-order valence-electron chi connectivity index (χ3n) is 3.91. The number of benzene rings is 1. The highest BCUT2D eigenvalue weighted by atomic mass is 19.3. The molecular weight excluding hydrogens is 208 g/mol. The van der Waals surface area contributed by atoms with Gasteiger partial charge in [0.1, 0.15) is 5.54 Å². The fourth-order valence-corrected chi connectivity index (χ4v) is 2.80. The summed E-state index contributed by atoms with van der Waals surface area (Å²) in [5.74, 6) is -2.71. The lowest BCUT2D eigenvalue weighted by atomic mass is 9.85. The number of hydrogen-bond donors (Lipinski definition) is 1. The maximum Gasteiger partial charge on any atom is 0.272 e. The lowest BCUT2D eigenvalue weighted by Crippen LogP contribution is -2.29. The predicted octanol–water partition coefficient (Wildman–Crippen LogP) is 2.76. The minimum atomic E-state index is -2.71. The van der Waals surface area contributed by atoms with E-state index < -0.39 is 11.5 Å². The molecule has 0 aliphatic heterocycles. The molecule has 0 saturated heterocycles. The molecule has 1 atom stereocenters. The Kier molecular flexibility index (Phi) is 1.94. The fourth-order valence-electron chi connectivity index (χ4n) is 2.80. The molecule has 1 aromatic rings. The number of alkyl halides is 2. The number of rotatable bonds is 1. The van der Waals surface area contributed by atoms with Crippen LogP contribution < -0.4 is 5.73 Å². The van der Waals surface area contributed by atoms with Gasteiger partial charge in [0.15, 0.2) is 0 Å². The molecule has 2 N–H and O–H groups in total. The first kappa shape index (κ1) is 10.2. The van der Waals surface area contributed by atoms with Crippen LogP contribution in [0.15, 0.2) is 18.2 Å². The van der Waals surface area contributed by atoms with Gasteiger partial charge in [0.05, 0.1) is 0 Å². The molecule has 0 aromatic heterocycles. The molecule has 2 aliphatic rings. The normalized spacial score (nSPS) is 30.9. The Labute approximate surface area is 93.6 Å². The molecule has 1 fully saturated rings. The van der Waals surface area contributed by atoms with Gasteiger partial charge in [-0.1, -0.05) is 18.2 Å². The number of fused-ring (bicyclic) bond motifs is 1. The molecule has 0 amide bonds. The molecule has 16 heavy (non-hydrogen) atoms. The van der Waals surface area contributed by atoms with Gasteiger partial charge in [-0.2, -0.15) is 0 Å². The van der Waals surface area contributed by atoms with E-state index in [2.05, 4.69) is 0 Å². The van der Waals surface area contributed by atoms with Crippen LogP contribution in [0.1, 0.15) is 36.0 Å². The number of aryl methyl sites for hydroxylation is 1. The van der Waals surface area contributed by atoms with E-state index in [0.29, 0.717) is 5.56 Å². The van der Waals surface area contributed by atoms with Crippen molar-refractivity contribution in [2.75, 3.05) is 0 Å². The van der Waals surface area contributed by atoms with Gasteiger partial charge in [0.25, 0.3) is 5.92 Å². The summed E-state index contributed by atoms with van der Waals surface area (Å²) in [6.07, 6.45) is 3.96. The molecule has 0 heterocycles. The third kappa shape index (κ3) is 1.24. The Morgan fingerprint density at radius 3 is 2.50 bits per heavy atom. The van der Waals surface area contributed by atoms with Gasteiger partial charge < -0.3 is 5.73 Å². The quantitative estimate of drug-likeness (QED) is 0.778. The smallest absolute Gasteiger partial charge is 0.272 e. The van der Waals surface area contributed by atoms with E-state index in [4.69, 9.17) is 5.73 Å². The fraction of sp³-hybridized carbons (Fsp3) is 0.538. The highest BCUT2D eigenvalue weighted by Crippen LogP contribution is 2.58. The van der Waals surface area contributed by atoms with Crippen LogP contribution in [-0.2, 0) is 18.4 Å². The van der Waals surface area contributed by atoms with Crippen molar-refractivity contribution in [2.45, 2.75) is 43.6 Å². The standard InChI is InChI=1S/C13H15F2N/c14-13(15)8-12(13,16)11-7-3-5-9-4-1-2-6-10(9)11/h3,5,7H,1-2,4,6,8,16H2. The van der Waals surface area contributed by atoms with Crippen LogP contribution in [0.4, 0.5) is 8.78 Å². The van der Waals surface area contributed by atoms with E-state index in [1.165, 1.54) is 5.56 Å². The average Bonchev–Trinajstić information content (AvgIpc) is 2.78. The molecule has 1 aromatic carbocycles. The monoisotopic (exact) mass is 223 g/mol. The van der Waals surface area contributed by atoms with Crippen LogP contribution in [-0.4, -0.2) is 5.92 Å². The van der Waals surface area contributed by atoms with Crippen LogP contribution in [0.2, 0.25) is 0 Å². The van der Waals surface area contributed by atoms with Crippen molar-refractivity contribution in [2.24, 2.45) is 5.73 Å². The first-order chi connectivity index (χ1) is 7.55. The van der Waals surface area contributed by atoms with Gasteiger partial charge in [-0.3, -0.25) is 0 Å². The van der Waals surface area contributed by atoms with Gasteiger partial charge in [-0.05, 0) is 42.4 Å². The summed E-state index contributed by atoms with van der Waals surface area (Å²) < 4.78 is 26.6. The molecular formula is C13H15F2N. The number of halogens is 2. The van der Waals surface area contributed by atoms with E-state index >= 15 is 0 Å². The van der Waals surface area contributed by atoms with Crippen LogP contribution in [0.25, 0.3) is 0 Å². The van der Waals surface area contributed by atoms with Crippen molar-refractivity contribution in [1.29, 1.82) is 0 Å². The summed E-state index contributed by atoms with van der Waals surface area (Å²) in [5.41, 5.74) is 7.44. The summed E-state index contributed by atoms with van der Waals surface area (Å²) in [6.45, 7) is 0. The molecule has 0 radical (unpaired) electrons. The first-order valence-corrected chi connectivity index (χ1v) is 5.82. The Bertz CT molecular complexity index is 442. The van der Waals surface area contributed by atoms with E-state index in [-0.39, 0.29) is 6.42 Å². The van der Waals surface area contributed by atoms with Gasteiger partial charge in [0.2, 0.25) is 0 Å². The summed E-state index contributed by atoms with van der Waals surface area (Å²) in [7, 11) is 0. The van der Waals surface area contributed by atoms with Crippen molar-refractivity contribution in [3.63, 3.8) is 0 Å². The topological polar surface area (TPSA) is 26.0 Å². The Morgan fingerprint density at radius 2 is 1.81 bits per heavy atom. The molecule has 1 unspecified atom stereocenters. The van der Waals surface area contributed by atoms with Crippen molar-refractivity contribution < 1.29 is 8.78 Å². The Morgan fingerprint density at radius 1 is 1.12 bits per heavy atom. The lowest BCUT2D eigenvalue weighted by Gasteiger charge is -2.22. The Balaban J connectivity index is 2.09. The van der Waals surface area contributed by atoms with Crippen molar-refractivity contribution in [1.82, 2.24) is 0 Å². The van der Waals surface area contributed by atoms with Gasteiger partial charge in [-0.15, -0.1) is 0 Å². The zero-order chi connectivity index (χ0) is 11.4. The largest absolute Gasteiger partial charge is 0.316 e. The van der Waals surface area contributed by atoms with E-state index in [0.717, 1.165) is 31.2 Å². The van der Waals surface area contributed by atoms with Crippen LogP contribution in [0.5, 0.6) is 0 Å². The van der Waals surface area contributed by atoms with Crippen molar-refractivity contribution in [3.8, 4) is 0 Å². The molecule has 3 heteroatoms. The molecule has 3 rings (SSSR count). The maximum absolute atomic E-state index is 13.3. The van der Waals surface area contributed by atoms with Crippen molar-refractivity contribution >= 4 is 0 Å². The van der Waals surface area contributed by atoms with E-state index in [1.54, 1.807) is 6.07 Å². The lowest BCUT2D eigenvalue weighted by molar-refractivity contribution is 0.0888. The average molecular weight is 223 g/mol. The second kappa shape index (κ2) is 3.04. The van der Waals surface area contributed by atoms with Crippen molar-refractivity contribution in [3.05, 3.63) is 34.9 Å². The van der Waals surface area contributed by atoms with E-state index in [9.17, 15) is 8.78 Å². The SMILES string of the molecule is NC1(c2cccc3c2CCCC3)CC1(F)F. The first-order valence-electron chi connectivity index (χ1n) is 5.82. The predicted molar refractivity (Wildman–Crippen MR) is 58.5 cm³/mol. The van der Waals surface area contributed by atoms with Gasteiger partial charge >= 0.3 is 0 Å². The highest BCUT2D eigenvalue weighted by Gasteiger charge is 2.70. The highest BCUT2D eigenvalue weighted by molar-refractivity contribution is 5.46. The summed E-state index contributed by atoms with van der Waals surface area (Å²) in [5, 5.41) is 0. The second-order valence-corrected chi connectivity index (χ2v) is 5.00. The zero-order valence-electron chi connectivity index (χ0n) is 9.10. The van der Waals surface area contributed by atoms with Crippen LogP contribution >= 0.6 is 0 Å². The summed E-state index contributed by atoms with van der Waals surface area (Å²) >= 11 is 0. The van der Waals surface area contributed by atoms with Crippen LogP contribution in [0.3, 0.4) is 0 Å². The van der Waals surface area contributed by atoms with E-state index in [1.807, 2.05) is 12.1 Å². The molecule has 1 nitrogen and oxygen atoms in total. The minimum Gasteiger partial charge on any atom is -0.316 e. The van der Waals surface area contributed by atoms with Gasteiger partial charge in [0, 0.05) is 6.42 Å². The summed E-state index contributed by atoms with van der Waals surface area (Å²) in [6, 6.07) is 5.69. The molecule has 86 valence electrons. The third-order valence-corrected chi connectivity index (χ3v) is 3.91. The van der Waals surface area contributed by atoms with Crippen LogP contribution in [0, 0.1) is 0 Å². The Hall–Kier alpha value is -0.960. The zero-order valence-corrected chi connectivity index (χ0v) is 9.10. The van der Waals surface area contributed by atoms with Gasteiger partial charge in [-0.25, -0.2) is 8.78 Å². The maximum atomic E-state index is 13.3. The summed E-state index contributed by atoms with van der Waals surface area (Å²) in [4.78, 5) is 0. The second-order valence-electron chi connectivity index (χ2n) is 5.00.